The summed E-state index contributed by atoms with van der Waals surface area (Å²) in [6.45, 7) is 4.17. The van der Waals surface area contributed by atoms with Crippen LogP contribution < -0.4 is 9.47 Å². The van der Waals surface area contributed by atoms with Gasteiger partial charge in [-0.1, -0.05) is 26.0 Å². The maximum Gasteiger partial charge on any atom is 0.205 e. The second kappa shape index (κ2) is 10.1. The van der Waals surface area contributed by atoms with E-state index in [0.717, 1.165) is 6.42 Å². The lowest BCUT2D eigenvalue weighted by Gasteiger charge is -2.15. The van der Waals surface area contributed by atoms with Crippen molar-refractivity contribution in [2.75, 3.05) is 13.2 Å². The molecule has 30 heavy (non-hydrogen) atoms. The fourth-order valence-corrected chi connectivity index (χ4v) is 3.25. The van der Waals surface area contributed by atoms with Gasteiger partial charge in [0.05, 0.1) is 13.2 Å². The van der Waals surface area contributed by atoms with Gasteiger partial charge in [-0.15, -0.1) is 0 Å². The van der Waals surface area contributed by atoms with Crippen LogP contribution in [0.2, 0.25) is 0 Å². The van der Waals surface area contributed by atoms with Crippen LogP contribution >= 0.6 is 0 Å². The van der Waals surface area contributed by atoms with Crippen LogP contribution in [0.25, 0.3) is 0 Å². The summed E-state index contributed by atoms with van der Waals surface area (Å²) in [4.78, 5) is -2.21. The molecule has 2 rings (SSSR count). The number of ether oxygens (including phenoxy) is 2. The van der Waals surface area contributed by atoms with Crippen LogP contribution in [0.5, 0.6) is 11.5 Å². The van der Waals surface area contributed by atoms with E-state index in [1.165, 1.54) is 5.56 Å². The molecule has 5 nitrogen and oxygen atoms in total. The van der Waals surface area contributed by atoms with E-state index in [-0.39, 0.29) is 19.6 Å². The SMILES string of the molecule is CCC(C)c1ccc(OCCCCOc2c(F)c(F)c(S(=O)(=O)[O-])c(F)c2F)cc1. The summed E-state index contributed by atoms with van der Waals surface area (Å²) in [7, 11) is -5.75. The van der Waals surface area contributed by atoms with Crippen molar-refractivity contribution in [2.24, 2.45) is 0 Å². The Morgan fingerprint density at radius 2 is 1.40 bits per heavy atom. The number of benzene rings is 2. The molecule has 1 unspecified atom stereocenters. The van der Waals surface area contributed by atoms with Crippen LogP contribution in [0.4, 0.5) is 17.6 Å². The van der Waals surface area contributed by atoms with E-state index >= 15 is 0 Å². The molecule has 0 fully saturated rings. The van der Waals surface area contributed by atoms with Crippen molar-refractivity contribution in [1.29, 1.82) is 0 Å². The zero-order valence-corrected chi connectivity index (χ0v) is 17.2. The predicted molar refractivity (Wildman–Crippen MR) is 99.6 cm³/mol. The molecule has 0 aliphatic carbocycles. The van der Waals surface area contributed by atoms with Gasteiger partial charge in [-0.3, -0.25) is 0 Å². The standard InChI is InChI=1S/C20H22F4O5S/c1-3-12(2)13-6-8-14(9-7-13)28-10-4-5-11-29-19-15(21)17(23)20(30(25,26)27)18(24)16(19)22/h6-9,12H,3-5,10-11H2,1-2H3,(H,25,26,27)/p-1. The van der Waals surface area contributed by atoms with E-state index < -0.39 is 44.0 Å². The van der Waals surface area contributed by atoms with Gasteiger partial charge in [0.1, 0.15) is 20.8 Å². The van der Waals surface area contributed by atoms with E-state index in [2.05, 4.69) is 13.8 Å². The van der Waals surface area contributed by atoms with Gasteiger partial charge in [-0.05, 0) is 42.9 Å². The Hall–Kier alpha value is -2.33. The van der Waals surface area contributed by atoms with Crippen molar-refractivity contribution in [3.63, 3.8) is 0 Å². The van der Waals surface area contributed by atoms with E-state index in [1.54, 1.807) is 0 Å². The molecule has 0 radical (unpaired) electrons. The highest BCUT2D eigenvalue weighted by Crippen LogP contribution is 2.32. The van der Waals surface area contributed by atoms with Crippen molar-refractivity contribution in [2.45, 2.75) is 43.9 Å². The third kappa shape index (κ3) is 5.63. The van der Waals surface area contributed by atoms with Crippen LogP contribution in [0, 0.1) is 23.3 Å². The van der Waals surface area contributed by atoms with E-state index in [4.69, 9.17) is 9.47 Å². The zero-order valence-electron chi connectivity index (χ0n) is 16.4. The second-order valence-corrected chi connectivity index (χ2v) is 7.97. The first-order valence-corrected chi connectivity index (χ1v) is 10.7. The lowest BCUT2D eigenvalue weighted by atomic mass is 9.99. The zero-order chi connectivity index (χ0) is 22.5. The average Bonchev–Trinajstić information content (AvgIpc) is 2.70. The van der Waals surface area contributed by atoms with Crippen molar-refractivity contribution in [3.8, 4) is 11.5 Å². The van der Waals surface area contributed by atoms with Crippen LogP contribution in [0.3, 0.4) is 0 Å². The molecule has 2 aromatic carbocycles. The summed E-state index contributed by atoms with van der Waals surface area (Å²) in [5, 5.41) is 0. The summed E-state index contributed by atoms with van der Waals surface area (Å²) < 4.78 is 97.5. The first kappa shape index (κ1) is 23.9. The van der Waals surface area contributed by atoms with Crippen molar-refractivity contribution in [1.82, 2.24) is 0 Å². The first-order valence-electron chi connectivity index (χ1n) is 9.25. The number of halogens is 4. The summed E-state index contributed by atoms with van der Waals surface area (Å²) >= 11 is 0. The fraction of sp³-hybridized carbons (Fsp3) is 0.400. The van der Waals surface area contributed by atoms with Crippen molar-refractivity contribution < 1.29 is 40.0 Å². The van der Waals surface area contributed by atoms with Gasteiger partial charge >= 0.3 is 0 Å². The molecular formula is C20H21F4O5S-. The molecule has 10 heteroatoms. The Bertz CT molecular complexity index is 949. The van der Waals surface area contributed by atoms with Gasteiger partial charge in [0.15, 0.2) is 17.4 Å². The van der Waals surface area contributed by atoms with Gasteiger partial charge in [-0.2, -0.15) is 8.78 Å². The Labute approximate surface area is 172 Å². The minimum Gasteiger partial charge on any atom is -0.744 e. The molecule has 0 spiro atoms. The normalized spacial score (nSPS) is 12.6. The molecule has 0 aliphatic heterocycles. The number of hydrogen-bond acceptors (Lipinski definition) is 5. The highest BCUT2D eigenvalue weighted by atomic mass is 32.2. The topological polar surface area (TPSA) is 75.7 Å². The first-order chi connectivity index (χ1) is 14.1. The predicted octanol–water partition coefficient (Wildman–Crippen LogP) is 4.90. The number of unbranched alkanes of at least 4 members (excludes halogenated alkanes) is 1. The smallest absolute Gasteiger partial charge is 0.205 e. The molecule has 0 aliphatic rings. The third-order valence-electron chi connectivity index (χ3n) is 4.55. The highest BCUT2D eigenvalue weighted by Gasteiger charge is 2.29. The molecule has 0 saturated carbocycles. The average molecular weight is 449 g/mol. The lowest BCUT2D eigenvalue weighted by Crippen LogP contribution is -2.13. The monoisotopic (exact) mass is 449 g/mol. The van der Waals surface area contributed by atoms with Gasteiger partial charge in [0.25, 0.3) is 0 Å². The van der Waals surface area contributed by atoms with Crippen LogP contribution in [0.1, 0.15) is 44.6 Å². The Morgan fingerprint density at radius 1 is 0.900 bits per heavy atom. The maximum absolute atomic E-state index is 13.8. The van der Waals surface area contributed by atoms with Crippen molar-refractivity contribution >= 4 is 10.1 Å². The highest BCUT2D eigenvalue weighted by molar-refractivity contribution is 7.85. The van der Waals surface area contributed by atoms with E-state index in [9.17, 15) is 30.5 Å². The molecule has 0 N–H and O–H groups in total. The Morgan fingerprint density at radius 3 is 1.87 bits per heavy atom. The van der Waals surface area contributed by atoms with Gasteiger partial charge in [0.2, 0.25) is 11.6 Å². The maximum atomic E-state index is 13.8. The molecule has 0 amide bonds. The number of rotatable bonds is 10. The fourth-order valence-electron chi connectivity index (χ4n) is 2.63. The van der Waals surface area contributed by atoms with E-state index in [1.807, 2.05) is 24.3 Å². The Balaban J connectivity index is 1.88. The third-order valence-corrected chi connectivity index (χ3v) is 5.41. The summed E-state index contributed by atoms with van der Waals surface area (Å²) in [6, 6.07) is 7.60. The Kier molecular flexibility index (Phi) is 8.08. The molecule has 0 saturated heterocycles. The lowest BCUT2D eigenvalue weighted by molar-refractivity contribution is 0.242. The molecule has 2 aromatic rings. The van der Waals surface area contributed by atoms with E-state index in [0.29, 0.717) is 18.1 Å². The van der Waals surface area contributed by atoms with Crippen LogP contribution in [-0.4, -0.2) is 26.2 Å². The van der Waals surface area contributed by atoms with Crippen molar-refractivity contribution in [3.05, 3.63) is 53.1 Å². The molecule has 0 heterocycles. The largest absolute Gasteiger partial charge is 0.744 e. The summed E-state index contributed by atoms with van der Waals surface area (Å²) in [5.41, 5.74) is 1.19. The van der Waals surface area contributed by atoms with Crippen LogP contribution in [0.15, 0.2) is 29.2 Å². The summed E-state index contributed by atoms with van der Waals surface area (Å²) in [5.74, 6) is -9.12. The van der Waals surface area contributed by atoms with Gasteiger partial charge in [0, 0.05) is 0 Å². The summed E-state index contributed by atoms with van der Waals surface area (Å²) in [6.07, 6.45) is 1.66. The molecule has 0 aromatic heterocycles. The van der Waals surface area contributed by atoms with Gasteiger partial charge in [-0.25, -0.2) is 17.2 Å². The van der Waals surface area contributed by atoms with Crippen LogP contribution in [-0.2, 0) is 10.1 Å². The molecule has 1 atom stereocenters. The molecule has 166 valence electrons. The number of hydrogen-bond donors (Lipinski definition) is 0. The minimum atomic E-state index is -5.75. The second-order valence-electron chi connectivity index (χ2n) is 6.65. The molecule has 0 bridgehead atoms. The quantitative estimate of drug-likeness (QED) is 0.223. The van der Waals surface area contributed by atoms with Gasteiger partial charge < -0.3 is 14.0 Å². The molecular weight excluding hydrogens is 428 g/mol. The minimum absolute atomic E-state index is 0.231.